The van der Waals surface area contributed by atoms with Gasteiger partial charge in [-0.25, -0.2) is 4.79 Å². The van der Waals surface area contributed by atoms with Gasteiger partial charge in [0.25, 0.3) is 0 Å². The third-order valence-corrected chi connectivity index (χ3v) is 2.51. The summed E-state index contributed by atoms with van der Waals surface area (Å²) in [6, 6.07) is 3.38. The van der Waals surface area contributed by atoms with Crippen LogP contribution in [0.25, 0.3) is 0 Å². The Morgan fingerprint density at radius 2 is 1.76 bits per heavy atom. The van der Waals surface area contributed by atoms with E-state index >= 15 is 0 Å². The van der Waals surface area contributed by atoms with E-state index in [9.17, 15) is 23.1 Å². The number of benzene rings is 1. The number of alkyl carbamates (subject to hydrolysis) is 1. The highest BCUT2D eigenvalue weighted by atomic mass is 19.4. The number of amides is 1. The van der Waals surface area contributed by atoms with Crippen molar-refractivity contribution in [2.45, 2.75) is 38.6 Å². The number of aliphatic hydroxyl groups excluding tert-OH is 1. The number of ether oxygens (including phenoxy) is 1. The number of hydrogen-bond donors (Lipinski definition) is 2. The van der Waals surface area contributed by atoms with E-state index in [-0.39, 0.29) is 0 Å². The first-order chi connectivity index (χ1) is 9.53. The molecule has 0 heterocycles. The van der Waals surface area contributed by atoms with Crippen LogP contribution in [0.2, 0.25) is 0 Å². The van der Waals surface area contributed by atoms with E-state index in [0.29, 0.717) is 5.56 Å². The van der Waals surface area contributed by atoms with Gasteiger partial charge in [0, 0.05) is 0 Å². The van der Waals surface area contributed by atoms with Crippen molar-refractivity contribution in [1.29, 1.82) is 0 Å². The molecule has 1 amide bonds. The number of hydrogen-bond acceptors (Lipinski definition) is 3. The lowest BCUT2D eigenvalue weighted by Crippen LogP contribution is -2.36. The number of aliphatic hydroxyl groups is 1. The lowest BCUT2D eigenvalue weighted by molar-refractivity contribution is -0.137. The summed E-state index contributed by atoms with van der Waals surface area (Å²) in [4.78, 5) is 11.6. The van der Waals surface area contributed by atoms with Crippen LogP contribution in [0.3, 0.4) is 0 Å². The Hall–Kier alpha value is -1.76. The summed E-state index contributed by atoms with van der Waals surface area (Å²) in [7, 11) is 0. The van der Waals surface area contributed by atoms with Gasteiger partial charge in [-0.05, 0) is 38.5 Å². The largest absolute Gasteiger partial charge is 0.444 e. The maximum Gasteiger partial charge on any atom is 0.416 e. The van der Waals surface area contributed by atoms with Crippen molar-refractivity contribution in [3.05, 3.63) is 35.4 Å². The maximum absolute atomic E-state index is 12.5. The summed E-state index contributed by atoms with van der Waals surface area (Å²) >= 11 is 0. The number of halogens is 3. The van der Waals surface area contributed by atoms with Crippen molar-refractivity contribution in [3.63, 3.8) is 0 Å². The molecule has 0 bridgehead atoms. The minimum atomic E-state index is -4.42. The average Bonchev–Trinajstić information content (AvgIpc) is 2.33. The summed E-state index contributed by atoms with van der Waals surface area (Å²) in [6.45, 7) is 4.58. The topological polar surface area (TPSA) is 58.6 Å². The number of alkyl halides is 3. The zero-order valence-corrected chi connectivity index (χ0v) is 12.0. The molecule has 0 aliphatic rings. The molecule has 0 fully saturated rings. The molecule has 2 N–H and O–H groups in total. The Morgan fingerprint density at radius 1 is 1.24 bits per heavy atom. The van der Waals surface area contributed by atoms with Crippen LogP contribution in [-0.4, -0.2) is 23.4 Å². The van der Waals surface area contributed by atoms with E-state index in [4.69, 9.17) is 4.74 Å². The minimum absolute atomic E-state index is 0.358. The first-order valence-corrected chi connectivity index (χ1v) is 6.30. The molecule has 7 heteroatoms. The van der Waals surface area contributed by atoms with Gasteiger partial charge in [0.1, 0.15) is 5.60 Å². The predicted molar refractivity (Wildman–Crippen MR) is 70.6 cm³/mol. The molecule has 0 radical (unpaired) electrons. The molecule has 21 heavy (non-hydrogen) atoms. The zero-order valence-electron chi connectivity index (χ0n) is 12.0. The van der Waals surface area contributed by atoms with Gasteiger partial charge in [0.15, 0.2) is 0 Å². The van der Waals surface area contributed by atoms with E-state index in [1.807, 2.05) is 0 Å². The van der Waals surface area contributed by atoms with Crippen molar-refractivity contribution in [1.82, 2.24) is 5.32 Å². The van der Waals surface area contributed by atoms with Crippen LogP contribution in [0.1, 0.15) is 37.9 Å². The van der Waals surface area contributed by atoms with Gasteiger partial charge in [0.2, 0.25) is 0 Å². The monoisotopic (exact) mass is 305 g/mol. The number of rotatable bonds is 3. The van der Waals surface area contributed by atoms with Crippen molar-refractivity contribution in [2.75, 3.05) is 6.61 Å². The Balaban J connectivity index is 2.79. The average molecular weight is 305 g/mol. The van der Waals surface area contributed by atoms with Crippen molar-refractivity contribution in [2.24, 2.45) is 0 Å². The SMILES string of the molecule is CC(C)(C)OC(=O)NC(CO)c1ccc(C(F)(F)F)cc1. The highest BCUT2D eigenvalue weighted by molar-refractivity contribution is 5.68. The van der Waals surface area contributed by atoms with Crippen LogP contribution in [0.5, 0.6) is 0 Å². The van der Waals surface area contributed by atoms with Crippen LogP contribution < -0.4 is 5.32 Å². The molecule has 0 saturated carbocycles. The molecule has 1 aromatic rings. The van der Waals surface area contributed by atoms with Crippen LogP contribution in [-0.2, 0) is 10.9 Å². The fourth-order valence-electron chi connectivity index (χ4n) is 1.59. The van der Waals surface area contributed by atoms with Crippen molar-refractivity contribution >= 4 is 6.09 Å². The van der Waals surface area contributed by atoms with Crippen LogP contribution in [0, 0.1) is 0 Å². The maximum atomic E-state index is 12.5. The van der Waals surface area contributed by atoms with Crippen molar-refractivity contribution in [3.8, 4) is 0 Å². The molecule has 1 unspecified atom stereocenters. The van der Waals surface area contributed by atoms with Gasteiger partial charge in [-0.2, -0.15) is 13.2 Å². The van der Waals surface area contributed by atoms with Gasteiger partial charge in [-0.1, -0.05) is 12.1 Å². The summed E-state index contributed by atoms with van der Waals surface area (Å²) < 4.78 is 42.4. The van der Waals surface area contributed by atoms with Crippen LogP contribution in [0.15, 0.2) is 24.3 Å². The molecule has 0 aromatic heterocycles. The third-order valence-electron chi connectivity index (χ3n) is 2.51. The second kappa shape index (κ2) is 6.34. The standard InChI is InChI=1S/C14H18F3NO3/c1-13(2,3)21-12(20)18-11(8-19)9-4-6-10(7-5-9)14(15,16)17/h4-7,11,19H,8H2,1-3H3,(H,18,20). The molecule has 4 nitrogen and oxygen atoms in total. The van der Waals surface area contributed by atoms with E-state index in [1.165, 1.54) is 12.1 Å². The summed E-state index contributed by atoms with van der Waals surface area (Å²) in [5, 5.41) is 11.7. The Kier molecular flexibility index (Phi) is 5.22. The lowest BCUT2D eigenvalue weighted by atomic mass is 10.1. The predicted octanol–water partition coefficient (Wildman–Crippen LogP) is 3.26. The van der Waals surface area contributed by atoms with Gasteiger partial charge in [0.05, 0.1) is 18.2 Å². The number of carbonyl (C=O) groups is 1. The molecule has 1 atom stereocenters. The molecule has 118 valence electrons. The molecular formula is C14H18F3NO3. The highest BCUT2D eigenvalue weighted by Crippen LogP contribution is 2.29. The normalized spacial score (nSPS) is 13.7. The Labute approximate surface area is 120 Å². The van der Waals surface area contributed by atoms with Gasteiger partial charge in [-0.15, -0.1) is 0 Å². The zero-order chi connectivity index (χ0) is 16.3. The molecule has 1 rings (SSSR count). The molecule has 0 aliphatic carbocycles. The number of nitrogens with one attached hydrogen (secondary N) is 1. The summed E-state index contributed by atoms with van der Waals surface area (Å²) in [6.07, 6.45) is -5.17. The molecule has 0 spiro atoms. The van der Waals surface area contributed by atoms with Gasteiger partial charge >= 0.3 is 12.3 Å². The smallest absolute Gasteiger partial charge is 0.416 e. The first kappa shape index (κ1) is 17.3. The van der Waals surface area contributed by atoms with Crippen LogP contribution in [0.4, 0.5) is 18.0 Å². The second-order valence-corrected chi connectivity index (χ2v) is 5.50. The molecule has 1 aromatic carbocycles. The summed E-state index contributed by atoms with van der Waals surface area (Å²) in [5.41, 5.74) is -1.14. The fourth-order valence-corrected chi connectivity index (χ4v) is 1.59. The quantitative estimate of drug-likeness (QED) is 0.901. The minimum Gasteiger partial charge on any atom is -0.444 e. The fraction of sp³-hybridized carbons (Fsp3) is 0.500. The summed E-state index contributed by atoms with van der Waals surface area (Å²) in [5.74, 6) is 0. The van der Waals surface area contributed by atoms with Crippen molar-refractivity contribution < 1.29 is 27.8 Å². The van der Waals surface area contributed by atoms with Gasteiger partial charge < -0.3 is 15.2 Å². The van der Waals surface area contributed by atoms with E-state index in [2.05, 4.69) is 5.32 Å². The Bertz CT molecular complexity index is 478. The molecular weight excluding hydrogens is 287 g/mol. The lowest BCUT2D eigenvalue weighted by Gasteiger charge is -2.23. The van der Waals surface area contributed by atoms with Crippen LogP contribution >= 0.6 is 0 Å². The van der Waals surface area contributed by atoms with Gasteiger partial charge in [-0.3, -0.25) is 0 Å². The molecule has 0 saturated heterocycles. The first-order valence-electron chi connectivity index (χ1n) is 6.30. The van der Waals surface area contributed by atoms with E-state index < -0.39 is 36.1 Å². The number of carbonyl (C=O) groups excluding carboxylic acids is 1. The second-order valence-electron chi connectivity index (χ2n) is 5.50. The van der Waals surface area contributed by atoms with E-state index in [0.717, 1.165) is 12.1 Å². The third kappa shape index (κ3) is 5.63. The Morgan fingerprint density at radius 3 is 2.14 bits per heavy atom. The molecule has 0 aliphatic heterocycles. The highest BCUT2D eigenvalue weighted by Gasteiger charge is 2.30. The van der Waals surface area contributed by atoms with E-state index in [1.54, 1.807) is 20.8 Å².